The zero-order valence-corrected chi connectivity index (χ0v) is 15.9. The smallest absolute Gasteiger partial charge is 0.248 e. The first-order valence-electron chi connectivity index (χ1n) is 8.67. The molecule has 0 saturated heterocycles. The number of methoxy groups -OCH3 is 2. The molecule has 0 atom stereocenters. The van der Waals surface area contributed by atoms with E-state index in [1.165, 1.54) is 44.7 Å². The highest BCUT2D eigenvalue weighted by molar-refractivity contribution is 6.02. The van der Waals surface area contributed by atoms with Crippen molar-refractivity contribution in [2.45, 2.75) is 0 Å². The number of anilines is 1. The van der Waals surface area contributed by atoms with Gasteiger partial charge in [-0.1, -0.05) is 6.07 Å². The van der Waals surface area contributed by atoms with Gasteiger partial charge in [0.25, 0.3) is 0 Å². The first kappa shape index (κ1) is 19.9. The van der Waals surface area contributed by atoms with Gasteiger partial charge in [0.15, 0.2) is 11.6 Å². The van der Waals surface area contributed by atoms with Crippen LogP contribution in [0.1, 0.15) is 5.56 Å². The van der Waals surface area contributed by atoms with Gasteiger partial charge < -0.3 is 19.5 Å². The normalized spacial score (nSPS) is 10.6. The van der Waals surface area contributed by atoms with E-state index in [-0.39, 0.29) is 11.7 Å². The second kappa shape index (κ2) is 9.36. The fraction of sp³-hybridized carbons (Fsp3) is 0.0909. The summed E-state index contributed by atoms with van der Waals surface area (Å²) in [6, 6.07) is 12.8. The quantitative estimate of drug-likeness (QED) is 0.589. The van der Waals surface area contributed by atoms with Crippen LogP contribution in [0.3, 0.4) is 0 Å². The van der Waals surface area contributed by atoms with Crippen molar-refractivity contribution in [3.63, 3.8) is 0 Å². The Balaban J connectivity index is 1.66. The van der Waals surface area contributed by atoms with E-state index in [2.05, 4.69) is 10.3 Å². The summed E-state index contributed by atoms with van der Waals surface area (Å²) in [5, 5.41) is 2.71. The molecule has 0 aliphatic heterocycles. The maximum Gasteiger partial charge on any atom is 0.248 e. The Morgan fingerprint density at radius 3 is 2.41 bits per heavy atom. The molecule has 0 unspecified atom stereocenters. The fourth-order valence-corrected chi connectivity index (χ4v) is 2.47. The second-order valence-electron chi connectivity index (χ2n) is 5.90. The molecule has 148 valence electrons. The van der Waals surface area contributed by atoms with Crippen LogP contribution < -0.4 is 19.5 Å². The number of hydrogen-bond acceptors (Lipinski definition) is 5. The Hall–Kier alpha value is -3.87. The van der Waals surface area contributed by atoms with Crippen molar-refractivity contribution in [2.24, 2.45) is 0 Å². The SMILES string of the molecule is COc1cc(NC(=O)C=Cc2ccc(Oc3cccnc3)c(F)c2)cc(OC)c1. The van der Waals surface area contributed by atoms with Crippen LogP contribution >= 0.6 is 0 Å². The monoisotopic (exact) mass is 394 g/mol. The maximum atomic E-state index is 14.3. The molecule has 0 aliphatic rings. The van der Waals surface area contributed by atoms with E-state index in [9.17, 15) is 9.18 Å². The van der Waals surface area contributed by atoms with Gasteiger partial charge in [-0.3, -0.25) is 9.78 Å². The van der Waals surface area contributed by atoms with Crippen LogP contribution in [-0.2, 0) is 4.79 Å². The lowest BCUT2D eigenvalue weighted by molar-refractivity contribution is -0.111. The van der Waals surface area contributed by atoms with Crippen LogP contribution in [0.5, 0.6) is 23.0 Å². The second-order valence-corrected chi connectivity index (χ2v) is 5.90. The summed E-state index contributed by atoms with van der Waals surface area (Å²) >= 11 is 0. The molecule has 0 spiro atoms. The van der Waals surface area contributed by atoms with Crippen molar-refractivity contribution >= 4 is 17.7 Å². The molecule has 0 saturated carbocycles. The molecule has 7 heteroatoms. The van der Waals surface area contributed by atoms with Crippen molar-refractivity contribution in [1.29, 1.82) is 0 Å². The highest BCUT2D eigenvalue weighted by Gasteiger charge is 2.07. The van der Waals surface area contributed by atoms with Crippen LogP contribution in [0.4, 0.5) is 10.1 Å². The highest BCUT2D eigenvalue weighted by Crippen LogP contribution is 2.26. The molecule has 0 bridgehead atoms. The minimum absolute atomic E-state index is 0.0723. The highest BCUT2D eigenvalue weighted by atomic mass is 19.1. The van der Waals surface area contributed by atoms with Gasteiger partial charge in [-0.05, 0) is 35.9 Å². The Bertz CT molecular complexity index is 1000. The van der Waals surface area contributed by atoms with Gasteiger partial charge in [-0.25, -0.2) is 4.39 Å². The lowest BCUT2D eigenvalue weighted by Crippen LogP contribution is -2.08. The molecule has 6 nitrogen and oxygen atoms in total. The fourth-order valence-electron chi connectivity index (χ4n) is 2.47. The Kier molecular flexibility index (Phi) is 6.42. The third-order valence-corrected chi connectivity index (χ3v) is 3.86. The average molecular weight is 394 g/mol. The lowest BCUT2D eigenvalue weighted by Gasteiger charge is -2.08. The van der Waals surface area contributed by atoms with E-state index < -0.39 is 5.82 Å². The Morgan fingerprint density at radius 1 is 1.03 bits per heavy atom. The molecule has 0 aliphatic carbocycles. The lowest BCUT2D eigenvalue weighted by atomic mass is 10.2. The third-order valence-electron chi connectivity index (χ3n) is 3.86. The Morgan fingerprint density at radius 2 is 1.79 bits per heavy atom. The molecule has 1 heterocycles. The number of carbonyl (C=O) groups is 1. The summed E-state index contributed by atoms with van der Waals surface area (Å²) in [5.74, 6) is 0.681. The summed E-state index contributed by atoms with van der Waals surface area (Å²) in [4.78, 5) is 16.1. The molecule has 1 aromatic heterocycles. The molecular formula is C22H19FN2O4. The first-order chi connectivity index (χ1) is 14.1. The van der Waals surface area contributed by atoms with E-state index in [4.69, 9.17) is 14.2 Å². The zero-order chi connectivity index (χ0) is 20.6. The average Bonchev–Trinajstić information content (AvgIpc) is 2.74. The number of rotatable bonds is 7. The van der Waals surface area contributed by atoms with Gasteiger partial charge >= 0.3 is 0 Å². The van der Waals surface area contributed by atoms with E-state index in [1.807, 2.05) is 0 Å². The number of ether oxygens (including phenoxy) is 3. The van der Waals surface area contributed by atoms with E-state index in [0.29, 0.717) is 28.5 Å². The zero-order valence-electron chi connectivity index (χ0n) is 15.9. The molecule has 1 amide bonds. The summed E-state index contributed by atoms with van der Waals surface area (Å²) in [6.07, 6.45) is 5.90. The van der Waals surface area contributed by atoms with Crippen molar-refractivity contribution < 1.29 is 23.4 Å². The molecular weight excluding hydrogens is 375 g/mol. The molecule has 3 rings (SSSR count). The van der Waals surface area contributed by atoms with Crippen molar-refractivity contribution in [3.8, 4) is 23.0 Å². The van der Waals surface area contributed by atoms with E-state index >= 15 is 0 Å². The topological polar surface area (TPSA) is 69.7 Å². The molecule has 0 fully saturated rings. The minimum Gasteiger partial charge on any atom is -0.497 e. The number of halogens is 1. The van der Waals surface area contributed by atoms with Gasteiger partial charge in [0.2, 0.25) is 5.91 Å². The summed E-state index contributed by atoms with van der Waals surface area (Å²) in [6.45, 7) is 0. The number of benzene rings is 2. The molecule has 0 radical (unpaired) electrons. The van der Waals surface area contributed by atoms with E-state index in [1.54, 1.807) is 42.6 Å². The van der Waals surface area contributed by atoms with Gasteiger partial charge in [-0.15, -0.1) is 0 Å². The summed E-state index contributed by atoms with van der Waals surface area (Å²) in [5.41, 5.74) is 1.03. The van der Waals surface area contributed by atoms with Crippen LogP contribution in [0, 0.1) is 5.82 Å². The van der Waals surface area contributed by atoms with Crippen molar-refractivity contribution in [2.75, 3.05) is 19.5 Å². The number of hydrogen-bond donors (Lipinski definition) is 1. The van der Waals surface area contributed by atoms with Crippen molar-refractivity contribution in [3.05, 3.63) is 78.4 Å². The van der Waals surface area contributed by atoms with Crippen LogP contribution in [0.15, 0.2) is 67.0 Å². The standard InChI is InChI=1S/C22H19FN2O4/c1-27-18-11-16(12-19(13-18)28-2)25-22(26)8-6-15-5-7-21(20(23)10-15)29-17-4-3-9-24-14-17/h3-14H,1-2H3,(H,25,26). The van der Waals surface area contributed by atoms with Gasteiger partial charge in [0, 0.05) is 36.2 Å². The van der Waals surface area contributed by atoms with Crippen LogP contribution in [0.25, 0.3) is 6.08 Å². The molecule has 1 N–H and O–H groups in total. The number of pyridine rings is 1. The number of nitrogens with one attached hydrogen (secondary N) is 1. The minimum atomic E-state index is -0.547. The Labute approximate surface area is 167 Å². The third kappa shape index (κ3) is 5.55. The van der Waals surface area contributed by atoms with Crippen LogP contribution in [0.2, 0.25) is 0 Å². The first-order valence-corrected chi connectivity index (χ1v) is 8.67. The maximum absolute atomic E-state index is 14.3. The predicted octanol–water partition coefficient (Wildman–Crippen LogP) is 4.68. The number of nitrogens with zero attached hydrogens (tertiary/aromatic N) is 1. The van der Waals surface area contributed by atoms with Gasteiger partial charge in [0.1, 0.15) is 17.2 Å². The largest absolute Gasteiger partial charge is 0.497 e. The summed E-state index contributed by atoms with van der Waals surface area (Å²) < 4.78 is 30.1. The molecule has 3 aromatic rings. The van der Waals surface area contributed by atoms with Crippen LogP contribution in [-0.4, -0.2) is 25.1 Å². The number of amides is 1. The van der Waals surface area contributed by atoms with Gasteiger partial charge in [0.05, 0.1) is 20.4 Å². The predicted molar refractivity (Wildman–Crippen MR) is 108 cm³/mol. The van der Waals surface area contributed by atoms with E-state index in [0.717, 1.165) is 0 Å². The number of aromatic nitrogens is 1. The molecule has 2 aromatic carbocycles. The van der Waals surface area contributed by atoms with Gasteiger partial charge in [-0.2, -0.15) is 0 Å². The number of carbonyl (C=O) groups excluding carboxylic acids is 1. The summed E-state index contributed by atoms with van der Waals surface area (Å²) in [7, 11) is 3.05. The van der Waals surface area contributed by atoms with Crippen molar-refractivity contribution in [1.82, 2.24) is 4.98 Å². The molecule has 29 heavy (non-hydrogen) atoms.